The van der Waals surface area contributed by atoms with Crippen molar-refractivity contribution in [1.29, 1.82) is 0 Å². The first kappa shape index (κ1) is 17.3. The van der Waals surface area contributed by atoms with E-state index in [1.165, 1.54) is 23.5 Å². The minimum absolute atomic E-state index is 0.0439. The van der Waals surface area contributed by atoms with Gasteiger partial charge in [-0.2, -0.15) is 5.10 Å². The molecule has 130 valence electrons. The van der Waals surface area contributed by atoms with Gasteiger partial charge in [0.05, 0.1) is 11.4 Å². The molecule has 25 heavy (non-hydrogen) atoms. The van der Waals surface area contributed by atoms with E-state index in [4.69, 9.17) is 17.0 Å². The van der Waals surface area contributed by atoms with Crippen molar-refractivity contribution in [1.82, 2.24) is 20.1 Å². The number of ether oxygens (including phenoxy) is 1. The number of aromatic nitrogens is 3. The smallest absolute Gasteiger partial charge is 0.240 e. The molecule has 0 saturated carbocycles. The van der Waals surface area contributed by atoms with E-state index >= 15 is 0 Å². The maximum Gasteiger partial charge on any atom is 0.240 e. The van der Waals surface area contributed by atoms with Crippen molar-refractivity contribution < 1.29 is 13.9 Å². The first-order chi connectivity index (χ1) is 12.1. The average molecular weight is 378 g/mol. The van der Waals surface area contributed by atoms with E-state index in [1.807, 2.05) is 17.5 Å². The highest BCUT2D eigenvalue weighted by Crippen LogP contribution is 2.22. The minimum atomic E-state index is -0.431. The van der Waals surface area contributed by atoms with Crippen molar-refractivity contribution in [2.24, 2.45) is 0 Å². The molecule has 0 saturated heterocycles. The van der Waals surface area contributed by atoms with Crippen LogP contribution in [0.25, 0.3) is 10.7 Å². The second-order valence-electron chi connectivity index (χ2n) is 5.04. The molecule has 3 aromatic rings. The predicted molar refractivity (Wildman–Crippen MR) is 95.6 cm³/mol. The van der Waals surface area contributed by atoms with Gasteiger partial charge in [0.1, 0.15) is 13.2 Å². The minimum Gasteiger partial charge on any atom is -0.489 e. The van der Waals surface area contributed by atoms with Crippen LogP contribution in [0.4, 0.5) is 4.39 Å². The molecule has 0 bridgehead atoms. The van der Waals surface area contributed by atoms with Gasteiger partial charge in [-0.05, 0) is 35.8 Å². The van der Waals surface area contributed by atoms with Gasteiger partial charge in [-0.1, -0.05) is 18.2 Å². The van der Waals surface area contributed by atoms with Gasteiger partial charge >= 0.3 is 0 Å². The molecule has 0 aliphatic rings. The average Bonchev–Trinajstić information content (AvgIpc) is 3.24. The fraction of sp³-hybridized carbons (Fsp3) is 0.188. The Hall–Kier alpha value is -2.52. The molecule has 0 fully saturated rings. The van der Waals surface area contributed by atoms with Crippen LogP contribution in [0.1, 0.15) is 0 Å². The topological polar surface area (TPSA) is 71.9 Å². The molecule has 0 spiro atoms. The summed E-state index contributed by atoms with van der Waals surface area (Å²) in [7, 11) is 0. The number of rotatable bonds is 7. The van der Waals surface area contributed by atoms with E-state index < -0.39 is 5.82 Å². The summed E-state index contributed by atoms with van der Waals surface area (Å²) < 4.78 is 20.7. The highest BCUT2D eigenvalue weighted by atomic mass is 32.1. The lowest BCUT2D eigenvalue weighted by molar-refractivity contribution is -0.121. The van der Waals surface area contributed by atoms with Gasteiger partial charge in [0.15, 0.2) is 22.2 Å². The SMILES string of the molecule is O=C(Cn1c(-c2cccs2)n[nH]c1=S)NCCOc1ccccc1F. The third kappa shape index (κ3) is 4.31. The molecule has 1 amide bonds. The van der Waals surface area contributed by atoms with E-state index in [-0.39, 0.29) is 31.4 Å². The zero-order valence-corrected chi connectivity index (χ0v) is 14.7. The Balaban J connectivity index is 1.53. The molecular weight excluding hydrogens is 363 g/mol. The van der Waals surface area contributed by atoms with Crippen molar-refractivity contribution in [3.8, 4) is 16.5 Å². The number of carbonyl (C=O) groups is 1. The highest BCUT2D eigenvalue weighted by molar-refractivity contribution is 7.71. The fourth-order valence-electron chi connectivity index (χ4n) is 2.17. The lowest BCUT2D eigenvalue weighted by Gasteiger charge is -2.09. The van der Waals surface area contributed by atoms with Crippen molar-refractivity contribution in [2.75, 3.05) is 13.2 Å². The van der Waals surface area contributed by atoms with E-state index in [9.17, 15) is 9.18 Å². The van der Waals surface area contributed by atoms with E-state index in [1.54, 1.807) is 16.7 Å². The predicted octanol–water partition coefficient (Wildman–Crippen LogP) is 3.00. The van der Waals surface area contributed by atoms with Crippen LogP contribution in [0.5, 0.6) is 5.75 Å². The molecule has 0 aliphatic heterocycles. The van der Waals surface area contributed by atoms with Crippen LogP contribution in [0.2, 0.25) is 0 Å². The number of amides is 1. The lowest BCUT2D eigenvalue weighted by Crippen LogP contribution is -2.31. The summed E-state index contributed by atoms with van der Waals surface area (Å²) in [6.07, 6.45) is 0. The Morgan fingerprint density at radius 3 is 2.96 bits per heavy atom. The number of thiophene rings is 1. The molecule has 1 aromatic carbocycles. The van der Waals surface area contributed by atoms with E-state index in [0.717, 1.165) is 4.88 Å². The van der Waals surface area contributed by atoms with Gasteiger partial charge in [-0.15, -0.1) is 11.3 Å². The standard InChI is InChI=1S/C16H15FN4O2S2/c17-11-4-1-2-5-12(11)23-8-7-18-14(22)10-21-15(19-20-16(21)24)13-6-3-9-25-13/h1-6,9H,7-8,10H2,(H,18,22)(H,20,24). The number of carbonyl (C=O) groups excluding carboxylic acids is 1. The Bertz CT molecular complexity index is 905. The monoisotopic (exact) mass is 378 g/mol. The van der Waals surface area contributed by atoms with Crippen LogP contribution in [-0.4, -0.2) is 33.8 Å². The summed E-state index contributed by atoms with van der Waals surface area (Å²) in [4.78, 5) is 13.0. The number of benzene rings is 1. The molecule has 2 aromatic heterocycles. The summed E-state index contributed by atoms with van der Waals surface area (Å²) >= 11 is 6.70. The van der Waals surface area contributed by atoms with Crippen LogP contribution in [-0.2, 0) is 11.3 Å². The van der Waals surface area contributed by atoms with Gasteiger partial charge < -0.3 is 10.1 Å². The molecule has 3 rings (SSSR count). The maximum absolute atomic E-state index is 13.4. The van der Waals surface area contributed by atoms with Gasteiger partial charge in [0.2, 0.25) is 5.91 Å². The van der Waals surface area contributed by atoms with Crippen LogP contribution >= 0.6 is 23.6 Å². The maximum atomic E-state index is 13.4. The molecule has 0 aliphatic carbocycles. The van der Waals surface area contributed by atoms with Crippen LogP contribution < -0.4 is 10.1 Å². The first-order valence-corrected chi connectivity index (χ1v) is 8.77. The van der Waals surface area contributed by atoms with Gasteiger partial charge in [0, 0.05) is 0 Å². The number of halogens is 1. The third-order valence-electron chi connectivity index (χ3n) is 3.32. The molecule has 0 radical (unpaired) electrons. The molecule has 6 nitrogen and oxygen atoms in total. The quantitative estimate of drug-likeness (QED) is 0.490. The molecule has 0 unspecified atom stereocenters. The summed E-state index contributed by atoms with van der Waals surface area (Å²) in [6, 6.07) is 9.94. The first-order valence-electron chi connectivity index (χ1n) is 7.48. The molecule has 2 N–H and O–H groups in total. The highest BCUT2D eigenvalue weighted by Gasteiger charge is 2.13. The fourth-order valence-corrected chi connectivity index (χ4v) is 3.09. The molecule has 9 heteroatoms. The number of hydrogen-bond acceptors (Lipinski definition) is 5. The summed E-state index contributed by atoms with van der Waals surface area (Å²) in [6.45, 7) is 0.468. The van der Waals surface area contributed by atoms with Gasteiger partial charge in [-0.25, -0.2) is 4.39 Å². The van der Waals surface area contributed by atoms with Gasteiger partial charge in [-0.3, -0.25) is 14.5 Å². The van der Waals surface area contributed by atoms with E-state index in [2.05, 4.69) is 15.5 Å². The summed E-state index contributed by atoms with van der Waals surface area (Å²) in [5, 5.41) is 11.5. The Morgan fingerprint density at radius 1 is 1.36 bits per heavy atom. The zero-order chi connectivity index (χ0) is 17.6. The Kier molecular flexibility index (Phi) is 5.56. The number of aromatic amines is 1. The molecule has 2 heterocycles. The van der Waals surface area contributed by atoms with Crippen molar-refractivity contribution in [3.63, 3.8) is 0 Å². The Labute approximate surface area is 152 Å². The number of hydrogen-bond donors (Lipinski definition) is 2. The number of para-hydroxylation sites is 1. The number of nitrogens with zero attached hydrogens (tertiary/aromatic N) is 2. The van der Waals surface area contributed by atoms with Crippen molar-refractivity contribution in [3.05, 3.63) is 52.4 Å². The van der Waals surface area contributed by atoms with Crippen molar-refractivity contribution >= 4 is 29.5 Å². The third-order valence-corrected chi connectivity index (χ3v) is 4.50. The second kappa shape index (κ2) is 8.04. The number of nitrogens with one attached hydrogen (secondary N) is 2. The lowest BCUT2D eigenvalue weighted by atomic mass is 10.3. The van der Waals surface area contributed by atoms with Gasteiger partial charge in [0.25, 0.3) is 0 Å². The van der Waals surface area contributed by atoms with Crippen molar-refractivity contribution in [2.45, 2.75) is 6.54 Å². The largest absolute Gasteiger partial charge is 0.489 e. The second-order valence-corrected chi connectivity index (χ2v) is 6.38. The zero-order valence-electron chi connectivity index (χ0n) is 13.1. The summed E-state index contributed by atoms with van der Waals surface area (Å²) in [5.41, 5.74) is 0. The van der Waals surface area contributed by atoms with Crippen LogP contribution in [0.15, 0.2) is 41.8 Å². The number of H-pyrrole nitrogens is 1. The normalized spacial score (nSPS) is 10.6. The summed E-state index contributed by atoms with van der Waals surface area (Å²) in [5.74, 6) is 0.123. The molecular formula is C16H15FN4O2S2. The molecule has 0 atom stereocenters. The van der Waals surface area contributed by atoms with Crippen LogP contribution in [0, 0.1) is 10.6 Å². The van der Waals surface area contributed by atoms with Crippen LogP contribution in [0.3, 0.4) is 0 Å². The van der Waals surface area contributed by atoms with E-state index in [0.29, 0.717) is 10.6 Å². The Morgan fingerprint density at radius 2 is 2.20 bits per heavy atom.